The average molecular weight is 362 g/mol. The van der Waals surface area contributed by atoms with Crippen molar-refractivity contribution in [1.29, 1.82) is 0 Å². The van der Waals surface area contributed by atoms with Crippen LogP contribution < -0.4 is 5.32 Å². The normalized spacial score (nSPS) is 12.5. The van der Waals surface area contributed by atoms with Gasteiger partial charge in [0.2, 0.25) is 0 Å². The standard InChI is InChI=1S/C14H20ClN3O4S/c1-14(2,3)22-13(21)18-10(12(19)20)4-5-23-8-9-6-17-11(15)7-16-9/h6-7,10H,4-5,8H2,1-3H3,(H,18,21)(H,19,20). The van der Waals surface area contributed by atoms with Crippen molar-refractivity contribution in [2.45, 2.75) is 44.6 Å². The zero-order valence-corrected chi connectivity index (χ0v) is 14.8. The molecule has 0 aliphatic heterocycles. The Hall–Kier alpha value is -1.54. The number of carbonyl (C=O) groups excluding carboxylic acids is 1. The lowest BCUT2D eigenvalue weighted by Crippen LogP contribution is -2.43. The number of thioether (sulfide) groups is 1. The molecule has 0 aliphatic carbocycles. The Morgan fingerprint density at radius 1 is 1.39 bits per heavy atom. The second-order valence-electron chi connectivity index (χ2n) is 5.71. The summed E-state index contributed by atoms with van der Waals surface area (Å²) in [6.45, 7) is 5.14. The summed E-state index contributed by atoms with van der Waals surface area (Å²) in [4.78, 5) is 30.8. The molecule has 0 spiro atoms. The van der Waals surface area contributed by atoms with E-state index in [1.54, 1.807) is 27.0 Å². The van der Waals surface area contributed by atoms with Crippen molar-refractivity contribution >= 4 is 35.4 Å². The van der Waals surface area contributed by atoms with Gasteiger partial charge in [-0.3, -0.25) is 4.98 Å². The Balaban J connectivity index is 2.37. The smallest absolute Gasteiger partial charge is 0.408 e. The highest BCUT2D eigenvalue weighted by atomic mass is 35.5. The van der Waals surface area contributed by atoms with Gasteiger partial charge >= 0.3 is 12.1 Å². The first-order valence-corrected chi connectivity index (χ1v) is 8.47. The van der Waals surface area contributed by atoms with E-state index in [1.807, 2.05) is 0 Å². The molecule has 0 aliphatic rings. The number of ether oxygens (including phenoxy) is 1. The first-order chi connectivity index (χ1) is 10.7. The number of rotatable bonds is 7. The minimum absolute atomic E-state index is 0.278. The van der Waals surface area contributed by atoms with Crippen molar-refractivity contribution < 1.29 is 19.4 Å². The monoisotopic (exact) mass is 361 g/mol. The summed E-state index contributed by atoms with van der Waals surface area (Å²) < 4.78 is 5.05. The van der Waals surface area contributed by atoms with Gasteiger partial charge in [-0.2, -0.15) is 11.8 Å². The first-order valence-electron chi connectivity index (χ1n) is 6.94. The topological polar surface area (TPSA) is 101 Å². The molecule has 1 rings (SSSR count). The van der Waals surface area contributed by atoms with E-state index in [0.29, 0.717) is 16.7 Å². The van der Waals surface area contributed by atoms with Crippen LogP contribution in [0.1, 0.15) is 32.9 Å². The molecule has 1 heterocycles. The largest absolute Gasteiger partial charge is 0.480 e. The predicted molar refractivity (Wildman–Crippen MR) is 88.6 cm³/mol. The van der Waals surface area contributed by atoms with Crippen LogP contribution in [-0.4, -0.2) is 44.5 Å². The van der Waals surface area contributed by atoms with Gasteiger partial charge in [0.05, 0.1) is 18.1 Å². The van der Waals surface area contributed by atoms with Crippen molar-refractivity contribution in [2.75, 3.05) is 5.75 Å². The van der Waals surface area contributed by atoms with Crippen LogP contribution in [0.4, 0.5) is 4.79 Å². The second-order valence-corrected chi connectivity index (χ2v) is 7.20. The van der Waals surface area contributed by atoms with E-state index < -0.39 is 23.7 Å². The molecule has 1 aromatic rings. The highest BCUT2D eigenvalue weighted by Gasteiger charge is 2.23. The number of hydrogen-bond donors (Lipinski definition) is 2. The number of nitrogens with one attached hydrogen (secondary N) is 1. The van der Waals surface area contributed by atoms with Crippen molar-refractivity contribution in [3.05, 3.63) is 23.2 Å². The zero-order valence-electron chi connectivity index (χ0n) is 13.2. The lowest BCUT2D eigenvalue weighted by Gasteiger charge is -2.21. The molecular formula is C14H20ClN3O4S. The molecule has 1 aromatic heterocycles. The summed E-state index contributed by atoms with van der Waals surface area (Å²) in [5.74, 6) is 0.0303. The molecular weight excluding hydrogens is 342 g/mol. The van der Waals surface area contributed by atoms with E-state index in [1.165, 1.54) is 18.0 Å². The van der Waals surface area contributed by atoms with Gasteiger partial charge in [-0.15, -0.1) is 0 Å². The van der Waals surface area contributed by atoms with Crippen LogP contribution in [0.3, 0.4) is 0 Å². The number of nitrogens with zero attached hydrogens (tertiary/aromatic N) is 2. The number of hydrogen-bond acceptors (Lipinski definition) is 6. The summed E-state index contributed by atoms with van der Waals surface area (Å²) >= 11 is 7.14. The van der Waals surface area contributed by atoms with Gasteiger partial charge in [-0.1, -0.05) is 11.6 Å². The van der Waals surface area contributed by atoms with Gasteiger partial charge in [0, 0.05) is 5.75 Å². The third-order valence-electron chi connectivity index (χ3n) is 2.46. The quantitative estimate of drug-likeness (QED) is 0.720. The fourth-order valence-electron chi connectivity index (χ4n) is 1.50. The summed E-state index contributed by atoms with van der Waals surface area (Å²) in [6, 6.07) is -0.992. The molecule has 9 heteroatoms. The van der Waals surface area contributed by atoms with E-state index in [2.05, 4.69) is 15.3 Å². The summed E-state index contributed by atoms with van der Waals surface area (Å²) in [5.41, 5.74) is 0.0844. The maximum absolute atomic E-state index is 11.6. The van der Waals surface area contributed by atoms with Gasteiger partial charge in [-0.25, -0.2) is 14.6 Å². The fraction of sp³-hybridized carbons (Fsp3) is 0.571. The molecule has 2 N–H and O–H groups in total. The first kappa shape index (κ1) is 19.5. The zero-order chi connectivity index (χ0) is 17.5. The molecule has 1 unspecified atom stereocenters. The Morgan fingerprint density at radius 3 is 2.61 bits per heavy atom. The molecule has 1 atom stereocenters. The Bertz CT molecular complexity index is 534. The number of carbonyl (C=O) groups is 2. The molecule has 23 heavy (non-hydrogen) atoms. The van der Waals surface area contributed by atoms with Gasteiger partial charge in [-0.05, 0) is 32.9 Å². The number of amides is 1. The number of carboxylic acids is 1. The molecule has 1 amide bonds. The van der Waals surface area contributed by atoms with Gasteiger partial charge < -0.3 is 15.2 Å². The molecule has 0 fully saturated rings. The molecule has 128 valence electrons. The van der Waals surface area contributed by atoms with E-state index in [9.17, 15) is 9.59 Å². The van der Waals surface area contributed by atoms with Gasteiger partial charge in [0.25, 0.3) is 0 Å². The SMILES string of the molecule is CC(C)(C)OC(=O)NC(CCSCc1cnc(Cl)cn1)C(=O)O. The van der Waals surface area contributed by atoms with E-state index in [-0.39, 0.29) is 6.42 Å². The van der Waals surface area contributed by atoms with E-state index >= 15 is 0 Å². The minimum Gasteiger partial charge on any atom is -0.480 e. The molecule has 0 radical (unpaired) electrons. The van der Waals surface area contributed by atoms with Crippen molar-refractivity contribution in [3.63, 3.8) is 0 Å². The van der Waals surface area contributed by atoms with E-state index in [4.69, 9.17) is 21.4 Å². The number of aromatic nitrogens is 2. The van der Waals surface area contributed by atoms with Crippen molar-refractivity contribution in [2.24, 2.45) is 0 Å². The third kappa shape index (κ3) is 8.61. The maximum atomic E-state index is 11.6. The average Bonchev–Trinajstić information content (AvgIpc) is 2.42. The highest BCUT2D eigenvalue weighted by Crippen LogP contribution is 2.13. The summed E-state index contributed by atoms with van der Waals surface area (Å²) in [6.07, 6.45) is 2.57. The predicted octanol–water partition coefficient (Wildman–Crippen LogP) is 2.73. The lowest BCUT2D eigenvalue weighted by atomic mass is 10.2. The second kappa shape index (κ2) is 8.93. The molecule has 0 bridgehead atoms. The van der Waals surface area contributed by atoms with Gasteiger partial charge in [0.15, 0.2) is 0 Å². The van der Waals surface area contributed by atoms with Crippen molar-refractivity contribution in [1.82, 2.24) is 15.3 Å². The van der Waals surface area contributed by atoms with Crippen LogP contribution >= 0.6 is 23.4 Å². The van der Waals surface area contributed by atoms with Crippen molar-refractivity contribution in [3.8, 4) is 0 Å². The number of aliphatic carboxylic acids is 1. The number of halogens is 1. The Morgan fingerprint density at radius 2 is 2.09 bits per heavy atom. The molecule has 0 saturated heterocycles. The van der Waals surface area contributed by atoms with Crippen LogP contribution in [0.15, 0.2) is 12.4 Å². The summed E-state index contributed by atoms with van der Waals surface area (Å²) in [7, 11) is 0. The van der Waals surface area contributed by atoms with Crippen LogP contribution in [0, 0.1) is 0 Å². The molecule has 0 aromatic carbocycles. The van der Waals surface area contributed by atoms with Crippen LogP contribution in [0.25, 0.3) is 0 Å². The Kier molecular flexibility index (Phi) is 7.57. The third-order valence-corrected chi connectivity index (χ3v) is 3.68. The van der Waals surface area contributed by atoms with Crippen LogP contribution in [0.5, 0.6) is 0 Å². The highest BCUT2D eigenvalue weighted by molar-refractivity contribution is 7.98. The van der Waals surface area contributed by atoms with E-state index in [0.717, 1.165) is 5.69 Å². The maximum Gasteiger partial charge on any atom is 0.408 e. The van der Waals surface area contributed by atoms with Crippen LogP contribution in [-0.2, 0) is 15.3 Å². The number of carboxylic acid groups (broad SMARTS) is 1. The summed E-state index contributed by atoms with van der Waals surface area (Å²) in [5, 5.41) is 11.8. The fourth-order valence-corrected chi connectivity index (χ4v) is 2.50. The van der Waals surface area contributed by atoms with Crippen LogP contribution in [0.2, 0.25) is 5.15 Å². The molecule has 7 nitrogen and oxygen atoms in total. The Labute approximate surface area is 144 Å². The lowest BCUT2D eigenvalue weighted by molar-refractivity contribution is -0.139. The number of alkyl carbamates (subject to hydrolysis) is 1. The molecule has 0 saturated carbocycles. The van der Waals surface area contributed by atoms with Gasteiger partial charge in [0.1, 0.15) is 16.8 Å². The minimum atomic E-state index is -1.09.